The van der Waals surface area contributed by atoms with Gasteiger partial charge in [-0.25, -0.2) is 4.79 Å². The smallest absolute Gasteiger partial charge is 0.318 e. The number of amides is 2. The Labute approximate surface area is 113 Å². The fourth-order valence-corrected chi connectivity index (χ4v) is 3.49. The molecule has 1 fully saturated rings. The zero-order valence-corrected chi connectivity index (χ0v) is 12.1. The Morgan fingerprint density at radius 2 is 2.53 bits per heavy atom. The lowest BCUT2D eigenvalue weighted by atomic mass is 10.2. The molecule has 1 aliphatic heterocycles. The second-order valence-electron chi connectivity index (χ2n) is 4.25. The number of hydrogen-bond acceptors (Lipinski definition) is 3. The van der Waals surface area contributed by atoms with E-state index in [0.29, 0.717) is 6.54 Å². The van der Waals surface area contributed by atoms with Crippen LogP contribution >= 0.6 is 27.3 Å². The summed E-state index contributed by atoms with van der Waals surface area (Å²) in [5.41, 5.74) is 5.53. The maximum Gasteiger partial charge on any atom is 0.318 e. The highest BCUT2D eigenvalue weighted by molar-refractivity contribution is 9.10. The molecule has 2 heterocycles. The molecule has 3 N–H and O–H groups in total. The minimum atomic E-state index is 0.0143. The van der Waals surface area contributed by atoms with Crippen molar-refractivity contribution < 1.29 is 4.79 Å². The highest BCUT2D eigenvalue weighted by Crippen LogP contribution is 2.29. The van der Waals surface area contributed by atoms with E-state index in [0.717, 1.165) is 17.4 Å². The summed E-state index contributed by atoms with van der Waals surface area (Å²) < 4.78 is 1.07. The first kappa shape index (κ1) is 12.9. The Balaban J connectivity index is 2.04. The summed E-state index contributed by atoms with van der Waals surface area (Å²) in [4.78, 5) is 14.9. The topological polar surface area (TPSA) is 58.4 Å². The van der Waals surface area contributed by atoms with Crippen LogP contribution in [0.4, 0.5) is 4.79 Å². The quantitative estimate of drug-likeness (QED) is 0.895. The third-order valence-corrected chi connectivity index (χ3v) is 4.79. The van der Waals surface area contributed by atoms with Crippen LogP contribution in [0.5, 0.6) is 0 Å². The minimum absolute atomic E-state index is 0.0143. The summed E-state index contributed by atoms with van der Waals surface area (Å²) >= 11 is 5.09. The molecule has 1 saturated heterocycles. The fourth-order valence-electron chi connectivity index (χ4n) is 2.01. The molecule has 6 heteroatoms. The van der Waals surface area contributed by atoms with Crippen molar-refractivity contribution in [3.8, 4) is 0 Å². The Bertz CT molecular complexity index is 409. The zero-order valence-electron chi connectivity index (χ0n) is 9.65. The molecule has 0 radical (unpaired) electrons. The molecule has 4 nitrogen and oxygen atoms in total. The first-order chi connectivity index (χ1) is 8.11. The largest absolute Gasteiger partial charge is 0.330 e. The number of urea groups is 1. The van der Waals surface area contributed by atoms with Crippen molar-refractivity contribution in [2.24, 2.45) is 5.73 Å². The molecule has 1 aromatic heterocycles. The Kier molecular flexibility index (Phi) is 4.06. The van der Waals surface area contributed by atoms with E-state index in [9.17, 15) is 4.79 Å². The Morgan fingerprint density at radius 3 is 3.12 bits per heavy atom. The van der Waals surface area contributed by atoms with Gasteiger partial charge < -0.3 is 16.0 Å². The van der Waals surface area contributed by atoms with E-state index in [4.69, 9.17) is 5.73 Å². The first-order valence-electron chi connectivity index (χ1n) is 5.63. The van der Waals surface area contributed by atoms with Gasteiger partial charge in [0.05, 0.1) is 6.04 Å². The molecule has 94 valence electrons. The highest BCUT2D eigenvalue weighted by Gasteiger charge is 2.33. The van der Waals surface area contributed by atoms with E-state index in [1.807, 2.05) is 17.2 Å². The predicted molar refractivity (Wildman–Crippen MR) is 73.1 cm³/mol. The molecular formula is C11H16BrN3OS. The van der Waals surface area contributed by atoms with Crippen LogP contribution in [0.1, 0.15) is 24.3 Å². The van der Waals surface area contributed by atoms with Gasteiger partial charge in [0.2, 0.25) is 0 Å². The van der Waals surface area contributed by atoms with Crippen molar-refractivity contribution in [3.63, 3.8) is 0 Å². The third-order valence-electron chi connectivity index (χ3n) is 2.99. The van der Waals surface area contributed by atoms with Crippen molar-refractivity contribution >= 4 is 33.3 Å². The van der Waals surface area contributed by atoms with Gasteiger partial charge in [0.1, 0.15) is 0 Å². The summed E-state index contributed by atoms with van der Waals surface area (Å²) in [6.07, 6.45) is 0.842. The van der Waals surface area contributed by atoms with Crippen LogP contribution < -0.4 is 11.1 Å². The van der Waals surface area contributed by atoms with Gasteiger partial charge in [-0.2, -0.15) is 0 Å². The van der Waals surface area contributed by atoms with Crippen molar-refractivity contribution in [1.82, 2.24) is 10.2 Å². The zero-order chi connectivity index (χ0) is 12.4. The predicted octanol–water partition coefficient (Wildman–Crippen LogP) is 2.31. The number of nitrogens with zero attached hydrogens (tertiary/aromatic N) is 1. The Morgan fingerprint density at radius 1 is 1.76 bits per heavy atom. The summed E-state index contributed by atoms with van der Waals surface area (Å²) in [7, 11) is 0. The van der Waals surface area contributed by atoms with Crippen molar-refractivity contribution in [2.75, 3.05) is 13.1 Å². The molecule has 0 bridgehead atoms. The average molecular weight is 318 g/mol. The number of thiophene rings is 1. The minimum Gasteiger partial charge on any atom is -0.330 e. The summed E-state index contributed by atoms with van der Waals surface area (Å²) in [6, 6.07) is 2.39. The number of rotatable bonds is 4. The highest BCUT2D eigenvalue weighted by atomic mass is 79.9. The van der Waals surface area contributed by atoms with Gasteiger partial charge in [-0.15, -0.1) is 11.3 Å². The molecule has 1 aromatic rings. The van der Waals surface area contributed by atoms with E-state index in [-0.39, 0.29) is 18.1 Å². The molecule has 0 aliphatic carbocycles. The van der Waals surface area contributed by atoms with Crippen LogP contribution in [0.15, 0.2) is 15.9 Å². The van der Waals surface area contributed by atoms with Crippen LogP contribution in [-0.2, 0) is 0 Å². The molecule has 0 spiro atoms. The number of carbonyl (C=O) groups excluding carboxylic acids is 1. The molecule has 17 heavy (non-hydrogen) atoms. The average Bonchev–Trinajstić information content (AvgIpc) is 2.85. The number of nitrogens with one attached hydrogen (secondary N) is 1. The van der Waals surface area contributed by atoms with Gasteiger partial charge in [0.25, 0.3) is 0 Å². The maximum absolute atomic E-state index is 11.8. The normalized spacial score (nSPS) is 21.7. The maximum atomic E-state index is 11.8. The van der Waals surface area contributed by atoms with Gasteiger partial charge in [-0.05, 0) is 41.9 Å². The lowest BCUT2D eigenvalue weighted by molar-refractivity contribution is 0.199. The number of carbonyl (C=O) groups is 1. The van der Waals surface area contributed by atoms with Gasteiger partial charge in [0.15, 0.2) is 0 Å². The number of nitrogens with two attached hydrogens (primary N) is 1. The van der Waals surface area contributed by atoms with Crippen molar-refractivity contribution in [2.45, 2.75) is 25.4 Å². The lowest BCUT2D eigenvalue weighted by Crippen LogP contribution is -2.37. The van der Waals surface area contributed by atoms with Gasteiger partial charge >= 0.3 is 6.03 Å². The SMILES string of the molecule is CC(CCN)N1CC(c2cc(Br)cs2)NC1=O. The summed E-state index contributed by atoms with van der Waals surface area (Å²) in [6.45, 7) is 3.38. The third kappa shape index (κ3) is 2.81. The first-order valence-corrected chi connectivity index (χ1v) is 7.30. The van der Waals surface area contributed by atoms with E-state index < -0.39 is 0 Å². The lowest BCUT2D eigenvalue weighted by Gasteiger charge is -2.22. The molecule has 2 atom stereocenters. The van der Waals surface area contributed by atoms with Crippen LogP contribution in [0.25, 0.3) is 0 Å². The van der Waals surface area contributed by atoms with Gasteiger partial charge in [0, 0.05) is 27.3 Å². The second-order valence-corrected chi connectivity index (χ2v) is 6.11. The summed E-state index contributed by atoms with van der Waals surface area (Å²) in [5, 5.41) is 5.04. The number of hydrogen-bond donors (Lipinski definition) is 2. The van der Waals surface area contributed by atoms with Crippen LogP contribution in [0.2, 0.25) is 0 Å². The molecule has 2 rings (SSSR count). The molecule has 0 saturated carbocycles. The van der Waals surface area contributed by atoms with Crippen LogP contribution in [0.3, 0.4) is 0 Å². The monoisotopic (exact) mass is 317 g/mol. The number of halogens is 1. The van der Waals surface area contributed by atoms with E-state index >= 15 is 0 Å². The van der Waals surface area contributed by atoms with Gasteiger partial charge in [-0.3, -0.25) is 0 Å². The molecule has 2 unspecified atom stereocenters. The van der Waals surface area contributed by atoms with E-state index in [1.165, 1.54) is 4.88 Å². The second kappa shape index (κ2) is 5.37. The Hall–Kier alpha value is -0.590. The molecule has 1 aliphatic rings. The standard InChI is InChI=1S/C11H16BrN3OS/c1-7(2-3-13)15-5-9(14-11(15)16)10-4-8(12)6-17-10/h4,6-7,9H,2-3,5,13H2,1H3,(H,14,16). The summed E-state index contributed by atoms with van der Waals surface area (Å²) in [5.74, 6) is 0. The van der Waals surface area contributed by atoms with Crippen molar-refractivity contribution in [1.29, 1.82) is 0 Å². The van der Waals surface area contributed by atoms with Crippen LogP contribution in [0, 0.1) is 0 Å². The van der Waals surface area contributed by atoms with Gasteiger partial charge in [-0.1, -0.05) is 0 Å². The van der Waals surface area contributed by atoms with Crippen molar-refractivity contribution in [3.05, 3.63) is 20.8 Å². The van der Waals surface area contributed by atoms with E-state index in [2.05, 4.69) is 27.3 Å². The molecule has 0 aromatic carbocycles. The molecule has 2 amide bonds. The molecular weight excluding hydrogens is 302 g/mol. The van der Waals surface area contributed by atoms with E-state index in [1.54, 1.807) is 11.3 Å². The van der Waals surface area contributed by atoms with Crippen LogP contribution in [-0.4, -0.2) is 30.1 Å². The fraction of sp³-hybridized carbons (Fsp3) is 0.545.